The van der Waals surface area contributed by atoms with Crippen molar-refractivity contribution in [2.24, 2.45) is 0 Å². The molecular formula is C13H19F2NO2. The van der Waals surface area contributed by atoms with Crippen LogP contribution >= 0.6 is 0 Å². The van der Waals surface area contributed by atoms with Crippen LogP contribution in [0.1, 0.15) is 30.9 Å². The molecule has 0 aromatic heterocycles. The van der Waals surface area contributed by atoms with Crippen LogP contribution in [0.3, 0.4) is 0 Å². The van der Waals surface area contributed by atoms with Crippen molar-refractivity contribution in [1.29, 1.82) is 0 Å². The van der Waals surface area contributed by atoms with Gasteiger partial charge in [-0.3, -0.25) is 0 Å². The monoisotopic (exact) mass is 259 g/mol. The molecule has 0 fully saturated rings. The summed E-state index contributed by atoms with van der Waals surface area (Å²) < 4.78 is 24.7. The van der Waals surface area contributed by atoms with Gasteiger partial charge >= 0.3 is 0 Å². The summed E-state index contributed by atoms with van der Waals surface area (Å²) in [7, 11) is 0. The van der Waals surface area contributed by atoms with Gasteiger partial charge in [-0.05, 0) is 12.0 Å². The minimum atomic E-state index is -2.46. The van der Waals surface area contributed by atoms with Crippen LogP contribution in [0.15, 0.2) is 24.3 Å². The van der Waals surface area contributed by atoms with Gasteiger partial charge in [-0.25, -0.2) is 8.78 Å². The maximum absolute atomic E-state index is 12.4. The molecule has 1 aromatic rings. The molecule has 3 N–H and O–H groups in total. The predicted octanol–water partition coefficient (Wildman–Crippen LogP) is 1.85. The summed E-state index contributed by atoms with van der Waals surface area (Å²) in [4.78, 5) is 0. The van der Waals surface area contributed by atoms with Crippen LogP contribution in [-0.2, 0) is 6.54 Å². The van der Waals surface area contributed by atoms with Crippen molar-refractivity contribution in [3.63, 3.8) is 0 Å². The third-order valence-electron chi connectivity index (χ3n) is 3.18. The van der Waals surface area contributed by atoms with E-state index in [1.54, 1.807) is 12.1 Å². The molecule has 18 heavy (non-hydrogen) atoms. The van der Waals surface area contributed by atoms with E-state index < -0.39 is 12.0 Å². The van der Waals surface area contributed by atoms with E-state index in [-0.39, 0.29) is 18.8 Å². The molecule has 5 heteroatoms. The summed E-state index contributed by atoms with van der Waals surface area (Å²) in [6.45, 7) is 1.93. The van der Waals surface area contributed by atoms with Crippen LogP contribution in [0, 0.1) is 0 Å². The first-order valence-electron chi connectivity index (χ1n) is 5.90. The number of aliphatic hydroxyl groups excluding tert-OH is 2. The van der Waals surface area contributed by atoms with Crippen LogP contribution in [0.2, 0.25) is 0 Å². The van der Waals surface area contributed by atoms with Crippen LogP contribution < -0.4 is 5.32 Å². The van der Waals surface area contributed by atoms with Gasteiger partial charge < -0.3 is 15.5 Å². The summed E-state index contributed by atoms with van der Waals surface area (Å²) in [5.41, 5.74) is 0.102. The topological polar surface area (TPSA) is 52.5 Å². The third kappa shape index (κ3) is 3.73. The molecule has 0 bridgehead atoms. The highest BCUT2D eigenvalue weighted by atomic mass is 19.3. The van der Waals surface area contributed by atoms with E-state index in [4.69, 9.17) is 0 Å². The number of alkyl halides is 2. The number of aliphatic hydroxyl groups is 2. The van der Waals surface area contributed by atoms with Gasteiger partial charge in [0.2, 0.25) is 0 Å². The molecule has 0 aliphatic rings. The van der Waals surface area contributed by atoms with Crippen molar-refractivity contribution in [3.8, 4) is 0 Å². The van der Waals surface area contributed by atoms with Crippen molar-refractivity contribution < 1.29 is 19.0 Å². The fourth-order valence-corrected chi connectivity index (χ4v) is 1.58. The van der Waals surface area contributed by atoms with Crippen molar-refractivity contribution in [3.05, 3.63) is 35.4 Å². The molecule has 0 radical (unpaired) electrons. The van der Waals surface area contributed by atoms with Crippen LogP contribution in [0.4, 0.5) is 8.78 Å². The quantitative estimate of drug-likeness (QED) is 0.700. The molecule has 1 rings (SSSR count). The second kappa shape index (κ2) is 6.78. The van der Waals surface area contributed by atoms with Crippen LogP contribution in [0.25, 0.3) is 0 Å². The van der Waals surface area contributed by atoms with Gasteiger partial charge in [0.25, 0.3) is 6.43 Å². The van der Waals surface area contributed by atoms with Gasteiger partial charge in [0.1, 0.15) is 0 Å². The molecule has 0 aliphatic heterocycles. The molecule has 1 aromatic carbocycles. The Hall–Kier alpha value is -1.04. The molecule has 0 unspecified atom stereocenters. The summed E-state index contributed by atoms with van der Waals surface area (Å²) in [5.74, 6) is 0. The number of hydrogen-bond acceptors (Lipinski definition) is 3. The van der Waals surface area contributed by atoms with E-state index >= 15 is 0 Å². The smallest absolute Gasteiger partial charge is 0.263 e. The second-order valence-electron chi connectivity index (χ2n) is 4.35. The van der Waals surface area contributed by atoms with Gasteiger partial charge in [0, 0.05) is 12.1 Å². The minimum absolute atomic E-state index is 0.00942. The molecule has 0 saturated carbocycles. The Kier molecular flexibility index (Phi) is 5.65. The Morgan fingerprint density at radius 2 is 1.72 bits per heavy atom. The zero-order chi connectivity index (χ0) is 13.6. The van der Waals surface area contributed by atoms with E-state index in [0.717, 1.165) is 5.56 Å². The Labute approximate surface area is 105 Å². The second-order valence-corrected chi connectivity index (χ2v) is 4.35. The van der Waals surface area contributed by atoms with Crippen molar-refractivity contribution in [1.82, 2.24) is 5.32 Å². The van der Waals surface area contributed by atoms with Crippen molar-refractivity contribution in [2.75, 3.05) is 13.2 Å². The number of nitrogens with one attached hydrogen (secondary N) is 1. The molecular weight excluding hydrogens is 240 g/mol. The highest BCUT2D eigenvalue weighted by molar-refractivity contribution is 5.23. The van der Waals surface area contributed by atoms with Crippen LogP contribution in [0.5, 0.6) is 0 Å². The SMILES string of the molecule is CCC(CO)(CO)NCc1ccc(C(F)F)cc1. The van der Waals surface area contributed by atoms with E-state index in [0.29, 0.717) is 13.0 Å². The molecule has 102 valence electrons. The summed E-state index contributed by atoms with van der Waals surface area (Å²) >= 11 is 0. The first-order valence-corrected chi connectivity index (χ1v) is 5.90. The zero-order valence-corrected chi connectivity index (χ0v) is 10.4. The largest absolute Gasteiger partial charge is 0.394 e. The lowest BCUT2D eigenvalue weighted by Gasteiger charge is -2.30. The average molecular weight is 259 g/mol. The molecule has 0 saturated heterocycles. The number of halogens is 2. The maximum atomic E-state index is 12.4. The Morgan fingerprint density at radius 3 is 2.11 bits per heavy atom. The zero-order valence-electron chi connectivity index (χ0n) is 10.4. The van der Waals surface area contributed by atoms with Crippen LogP contribution in [-0.4, -0.2) is 29.0 Å². The fraction of sp³-hybridized carbons (Fsp3) is 0.538. The standard InChI is InChI=1S/C13H19F2NO2/c1-2-13(8-17,9-18)16-7-10-3-5-11(6-4-10)12(14)15/h3-6,12,16-18H,2,7-9H2,1H3. The Balaban J connectivity index is 2.62. The molecule has 0 atom stereocenters. The fourth-order valence-electron chi connectivity index (χ4n) is 1.58. The van der Waals surface area contributed by atoms with Gasteiger partial charge in [-0.15, -0.1) is 0 Å². The van der Waals surface area contributed by atoms with E-state index in [1.807, 2.05) is 6.92 Å². The summed E-state index contributed by atoms with van der Waals surface area (Å²) in [6.07, 6.45) is -1.88. The highest BCUT2D eigenvalue weighted by Crippen LogP contribution is 2.19. The molecule has 0 heterocycles. The highest BCUT2D eigenvalue weighted by Gasteiger charge is 2.25. The molecule has 0 amide bonds. The minimum Gasteiger partial charge on any atom is -0.394 e. The van der Waals surface area contributed by atoms with Gasteiger partial charge in [0.15, 0.2) is 0 Å². The summed E-state index contributed by atoms with van der Waals surface area (Å²) in [5, 5.41) is 21.6. The third-order valence-corrected chi connectivity index (χ3v) is 3.18. The first kappa shape index (κ1) is 15.0. The Bertz CT molecular complexity index is 342. The number of hydrogen-bond donors (Lipinski definition) is 3. The van der Waals surface area contributed by atoms with Crippen molar-refractivity contribution in [2.45, 2.75) is 31.9 Å². The Morgan fingerprint density at radius 1 is 1.17 bits per heavy atom. The molecule has 3 nitrogen and oxygen atoms in total. The van der Waals surface area contributed by atoms with Gasteiger partial charge in [-0.1, -0.05) is 31.2 Å². The van der Waals surface area contributed by atoms with E-state index in [2.05, 4.69) is 5.32 Å². The summed E-state index contributed by atoms with van der Waals surface area (Å²) in [6, 6.07) is 5.99. The van der Waals surface area contributed by atoms with E-state index in [9.17, 15) is 19.0 Å². The van der Waals surface area contributed by atoms with Gasteiger partial charge in [-0.2, -0.15) is 0 Å². The average Bonchev–Trinajstić information content (AvgIpc) is 2.41. The lowest BCUT2D eigenvalue weighted by Crippen LogP contribution is -2.50. The number of benzene rings is 1. The normalized spacial score (nSPS) is 12.1. The molecule has 0 spiro atoms. The first-order chi connectivity index (χ1) is 8.56. The number of rotatable bonds is 7. The maximum Gasteiger partial charge on any atom is 0.263 e. The predicted molar refractivity (Wildman–Crippen MR) is 65.4 cm³/mol. The lowest BCUT2D eigenvalue weighted by molar-refractivity contribution is 0.0864. The molecule has 0 aliphatic carbocycles. The van der Waals surface area contributed by atoms with Gasteiger partial charge in [0.05, 0.1) is 18.8 Å². The van der Waals surface area contributed by atoms with E-state index in [1.165, 1.54) is 12.1 Å². The van der Waals surface area contributed by atoms with Crippen molar-refractivity contribution >= 4 is 0 Å². The lowest BCUT2D eigenvalue weighted by atomic mass is 9.98.